The van der Waals surface area contributed by atoms with Gasteiger partial charge in [-0.2, -0.15) is 0 Å². The van der Waals surface area contributed by atoms with Crippen LogP contribution in [0.2, 0.25) is 5.02 Å². The summed E-state index contributed by atoms with van der Waals surface area (Å²) in [7, 11) is 0. The van der Waals surface area contributed by atoms with E-state index in [2.05, 4.69) is 0 Å². The summed E-state index contributed by atoms with van der Waals surface area (Å²) in [4.78, 5) is 11.7. The third kappa shape index (κ3) is 1.81. The summed E-state index contributed by atoms with van der Waals surface area (Å²) in [5.41, 5.74) is 2.16. The van der Waals surface area contributed by atoms with E-state index in [0.717, 1.165) is 5.56 Å². The number of ether oxygens (including phenoxy) is 1. The molecule has 0 aliphatic carbocycles. The molecule has 2 aromatic rings. The standard InChI is InChI=1S/C15H9ClO2/c16-12-8-4-7-11-14(12)13(18-15(11)17)9-10-5-2-1-3-6-10/h1-9H/b13-9-. The topological polar surface area (TPSA) is 26.3 Å². The number of carbonyl (C=O) groups excluding carboxylic acids is 1. The van der Waals surface area contributed by atoms with E-state index in [-0.39, 0.29) is 5.97 Å². The summed E-state index contributed by atoms with van der Waals surface area (Å²) >= 11 is 6.12. The van der Waals surface area contributed by atoms with E-state index in [1.165, 1.54) is 0 Å². The number of esters is 1. The molecular formula is C15H9ClO2. The Kier molecular flexibility index (Phi) is 2.65. The highest BCUT2D eigenvalue weighted by molar-refractivity contribution is 6.33. The van der Waals surface area contributed by atoms with Crippen LogP contribution in [0.3, 0.4) is 0 Å². The van der Waals surface area contributed by atoms with Gasteiger partial charge in [-0.25, -0.2) is 4.79 Å². The minimum Gasteiger partial charge on any atom is -0.422 e. The third-order valence-electron chi connectivity index (χ3n) is 2.78. The van der Waals surface area contributed by atoms with Crippen molar-refractivity contribution in [2.75, 3.05) is 0 Å². The van der Waals surface area contributed by atoms with Gasteiger partial charge in [-0.05, 0) is 23.8 Å². The first-order valence-corrected chi connectivity index (χ1v) is 5.91. The summed E-state index contributed by atoms with van der Waals surface area (Å²) in [5, 5.41) is 0.528. The number of fused-ring (bicyclic) bond motifs is 1. The smallest absolute Gasteiger partial charge is 0.344 e. The van der Waals surface area contributed by atoms with Gasteiger partial charge in [0.25, 0.3) is 0 Å². The molecule has 0 saturated heterocycles. The van der Waals surface area contributed by atoms with Gasteiger partial charge in [-0.15, -0.1) is 0 Å². The monoisotopic (exact) mass is 256 g/mol. The predicted molar refractivity (Wildman–Crippen MR) is 71.2 cm³/mol. The van der Waals surface area contributed by atoms with Crippen molar-refractivity contribution in [2.24, 2.45) is 0 Å². The van der Waals surface area contributed by atoms with Crippen molar-refractivity contribution < 1.29 is 9.53 Å². The Morgan fingerprint density at radius 1 is 1.00 bits per heavy atom. The van der Waals surface area contributed by atoms with Gasteiger partial charge in [-0.3, -0.25) is 0 Å². The average Bonchev–Trinajstić information content (AvgIpc) is 2.69. The van der Waals surface area contributed by atoms with Crippen molar-refractivity contribution in [3.8, 4) is 0 Å². The molecule has 0 spiro atoms. The van der Waals surface area contributed by atoms with Crippen molar-refractivity contribution in [1.29, 1.82) is 0 Å². The molecule has 18 heavy (non-hydrogen) atoms. The molecule has 0 saturated carbocycles. The maximum absolute atomic E-state index is 11.7. The molecule has 0 atom stereocenters. The second kappa shape index (κ2) is 4.31. The highest BCUT2D eigenvalue weighted by Crippen LogP contribution is 2.36. The molecule has 0 amide bonds. The third-order valence-corrected chi connectivity index (χ3v) is 3.09. The zero-order valence-electron chi connectivity index (χ0n) is 9.39. The van der Waals surface area contributed by atoms with Gasteiger partial charge in [-0.1, -0.05) is 48.0 Å². The van der Waals surface area contributed by atoms with E-state index in [0.29, 0.717) is 21.9 Å². The van der Waals surface area contributed by atoms with Crippen molar-refractivity contribution in [3.63, 3.8) is 0 Å². The normalized spacial score (nSPS) is 15.6. The zero-order valence-corrected chi connectivity index (χ0v) is 10.1. The Morgan fingerprint density at radius 3 is 2.56 bits per heavy atom. The van der Waals surface area contributed by atoms with E-state index in [9.17, 15) is 4.79 Å². The molecule has 2 aromatic carbocycles. The summed E-state index contributed by atoms with van der Waals surface area (Å²) < 4.78 is 5.25. The highest BCUT2D eigenvalue weighted by Gasteiger charge is 2.28. The van der Waals surface area contributed by atoms with Gasteiger partial charge >= 0.3 is 5.97 Å². The number of cyclic esters (lactones) is 1. The number of halogens is 1. The van der Waals surface area contributed by atoms with Crippen LogP contribution in [0.25, 0.3) is 11.8 Å². The number of hydrogen-bond donors (Lipinski definition) is 0. The summed E-state index contributed by atoms with van der Waals surface area (Å²) in [6.07, 6.45) is 1.82. The number of hydrogen-bond acceptors (Lipinski definition) is 2. The van der Waals surface area contributed by atoms with E-state index >= 15 is 0 Å². The fourth-order valence-corrected chi connectivity index (χ4v) is 2.22. The first-order valence-electron chi connectivity index (χ1n) is 5.53. The van der Waals surface area contributed by atoms with Gasteiger partial charge < -0.3 is 4.74 Å². The molecule has 3 heteroatoms. The molecule has 3 rings (SSSR count). The lowest BCUT2D eigenvalue weighted by molar-refractivity contribution is 0.0717. The Bertz CT molecular complexity index is 645. The van der Waals surface area contributed by atoms with E-state index < -0.39 is 0 Å². The molecule has 1 heterocycles. The second-order valence-corrected chi connectivity index (χ2v) is 4.38. The highest BCUT2D eigenvalue weighted by atomic mass is 35.5. The average molecular weight is 257 g/mol. The van der Waals surface area contributed by atoms with Crippen LogP contribution >= 0.6 is 11.6 Å². The van der Waals surface area contributed by atoms with Crippen LogP contribution in [0.4, 0.5) is 0 Å². The Hall–Kier alpha value is -2.06. The van der Waals surface area contributed by atoms with Gasteiger partial charge in [0.15, 0.2) is 0 Å². The molecule has 1 aliphatic rings. The largest absolute Gasteiger partial charge is 0.422 e. The molecule has 0 aromatic heterocycles. The molecule has 0 unspecified atom stereocenters. The molecule has 0 bridgehead atoms. The van der Waals surface area contributed by atoms with Crippen LogP contribution in [-0.4, -0.2) is 5.97 Å². The lowest BCUT2D eigenvalue weighted by Gasteiger charge is -2.00. The molecular weight excluding hydrogens is 248 g/mol. The Balaban J connectivity index is 2.13. The van der Waals surface area contributed by atoms with Crippen molar-refractivity contribution in [1.82, 2.24) is 0 Å². The first-order chi connectivity index (χ1) is 8.75. The summed E-state index contributed by atoms with van der Waals surface area (Å²) in [6, 6.07) is 14.9. The minimum absolute atomic E-state index is 0.352. The molecule has 0 N–H and O–H groups in total. The molecule has 0 fully saturated rings. The lowest BCUT2D eigenvalue weighted by atomic mass is 10.1. The van der Waals surface area contributed by atoms with Gasteiger partial charge in [0.2, 0.25) is 0 Å². The lowest BCUT2D eigenvalue weighted by Crippen LogP contribution is -1.92. The van der Waals surface area contributed by atoms with Crippen molar-refractivity contribution in [3.05, 3.63) is 70.2 Å². The first kappa shape index (κ1) is 11.1. The number of carbonyl (C=O) groups is 1. The summed E-state index contributed by atoms with van der Waals surface area (Å²) in [6.45, 7) is 0. The van der Waals surface area contributed by atoms with Gasteiger partial charge in [0, 0.05) is 0 Å². The van der Waals surface area contributed by atoms with Crippen molar-refractivity contribution >= 4 is 29.4 Å². The Morgan fingerprint density at radius 2 is 1.78 bits per heavy atom. The maximum Gasteiger partial charge on any atom is 0.344 e. The van der Waals surface area contributed by atoms with Crippen LogP contribution in [0.15, 0.2) is 48.5 Å². The van der Waals surface area contributed by atoms with Crippen LogP contribution in [0.5, 0.6) is 0 Å². The van der Waals surface area contributed by atoms with Crippen LogP contribution in [0.1, 0.15) is 21.5 Å². The predicted octanol–water partition coefficient (Wildman–Crippen LogP) is 4.01. The fraction of sp³-hybridized carbons (Fsp3) is 0. The van der Waals surface area contributed by atoms with Gasteiger partial charge in [0.05, 0.1) is 16.1 Å². The maximum atomic E-state index is 11.7. The fourth-order valence-electron chi connectivity index (χ4n) is 1.95. The van der Waals surface area contributed by atoms with E-state index in [1.807, 2.05) is 36.4 Å². The molecule has 1 aliphatic heterocycles. The van der Waals surface area contributed by atoms with Gasteiger partial charge in [0.1, 0.15) is 5.76 Å². The molecule has 88 valence electrons. The summed E-state index contributed by atoms with van der Waals surface area (Å²) in [5.74, 6) is 0.154. The van der Waals surface area contributed by atoms with Crippen molar-refractivity contribution in [2.45, 2.75) is 0 Å². The van der Waals surface area contributed by atoms with E-state index in [4.69, 9.17) is 16.3 Å². The SMILES string of the molecule is O=C1O/C(=C\c2ccccc2)c2c(Cl)cccc21. The van der Waals surface area contributed by atoms with Crippen LogP contribution < -0.4 is 0 Å². The number of benzene rings is 2. The van der Waals surface area contributed by atoms with Crippen LogP contribution in [0, 0.1) is 0 Å². The quantitative estimate of drug-likeness (QED) is 0.721. The second-order valence-electron chi connectivity index (χ2n) is 3.97. The minimum atomic E-state index is -0.352. The van der Waals surface area contributed by atoms with Crippen LogP contribution in [-0.2, 0) is 4.74 Å². The molecule has 2 nitrogen and oxygen atoms in total. The number of rotatable bonds is 1. The van der Waals surface area contributed by atoms with E-state index in [1.54, 1.807) is 18.2 Å². The molecule has 0 radical (unpaired) electrons. The Labute approximate surface area is 109 Å². The zero-order chi connectivity index (χ0) is 12.5.